The Morgan fingerprint density at radius 1 is 1.67 bits per heavy atom. The van der Waals surface area contributed by atoms with Crippen LogP contribution in [0.3, 0.4) is 0 Å². The molecule has 0 aliphatic rings. The molecule has 0 atom stereocenters. The second-order valence-corrected chi connectivity index (χ2v) is 3.17. The number of nitrogens with two attached hydrogens (primary N) is 1. The van der Waals surface area contributed by atoms with E-state index in [4.69, 9.17) is 5.73 Å². The first kappa shape index (κ1) is 9.25. The van der Waals surface area contributed by atoms with E-state index in [9.17, 15) is 0 Å². The quantitative estimate of drug-likeness (QED) is 0.829. The van der Waals surface area contributed by atoms with Gasteiger partial charge in [-0.15, -0.1) is 0 Å². The van der Waals surface area contributed by atoms with E-state index in [0.717, 1.165) is 13.0 Å². The number of nitrogens with one attached hydrogen (secondary N) is 1. The van der Waals surface area contributed by atoms with Gasteiger partial charge in [0.2, 0.25) is 0 Å². The van der Waals surface area contributed by atoms with Crippen LogP contribution in [-0.4, -0.2) is 16.5 Å². The minimum Gasteiger partial charge on any atom is -0.381 e. The van der Waals surface area contributed by atoms with Crippen LogP contribution in [0.25, 0.3) is 0 Å². The van der Waals surface area contributed by atoms with Crippen molar-refractivity contribution in [3.05, 3.63) is 10.8 Å². The molecule has 4 nitrogen and oxygen atoms in total. The zero-order valence-corrected chi connectivity index (χ0v) is 8.43. The number of hydrogen-bond acceptors (Lipinski definition) is 4. The molecule has 0 saturated heterocycles. The van der Waals surface area contributed by atoms with Gasteiger partial charge in [0.15, 0.2) is 11.6 Å². The Hall–Kier alpha value is -0.840. The molecule has 0 radical (unpaired) electrons. The second kappa shape index (κ2) is 4.25. The summed E-state index contributed by atoms with van der Waals surface area (Å²) in [6, 6.07) is 0. The predicted octanol–water partition coefficient (Wildman–Crippen LogP) is 1.64. The Bertz CT molecular complexity index is 264. The Morgan fingerprint density at radius 3 is 3.08 bits per heavy atom. The van der Waals surface area contributed by atoms with E-state index >= 15 is 0 Å². The van der Waals surface area contributed by atoms with E-state index in [1.165, 1.54) is 0 Å². The van der Waals surface area contributed by atoms with Gasteiger partial charge in [0.1, 0.15) is 4.60 Å². The summed E-state index contributed by atoms with van der Waals surface area (Å²) < 4.78 is 0.690. The fourth-order valence-corrected chi connectivity index (χ4v) is 1.03. The molecule has 1 heterocycles. The minimum absolute atomic E-state index is 0.437. The van der Waals surface area contributed by atoms with Crippen molar-refractivity contribution < 1.29 is 0 Å². The molecule has 1 aromatic heterocycles. The zero-order valence-electron chi connectivity index (χ0n) is 6.84. The summed E-state index contributed by atoms with van der Waals surface area (Å²) in [5.41, 5.74) is 5.57. The fourth-order valence-electron chi connectivity index (χ4n) is 0.750. The van der Waals surface area contributed by atoms with Crippen molar-refractivity contribution in [3.63, 3.8) is 0 Å². The molecule has 0 aliphatic carbocycles. The van der Waals surface area contributed by atoms with Crippen LogP contribution in [0.5, 0.6) is 0 Å². The highest BCUT2D eigenvalue weighted by molar-refractivity contribution is 9.10. The van der Waals surface area contributed by atoms with Gasteiger partial charge in [0.05, 0.1) is 6.20 Å². The van der Waals surface area contributed by atoms with Crippen LogP contribution in [0, 0.1) is 0 Å². The first-order valence-electron chi connectivity index (χ1n) is 3.76. The summed E-state index contributed by atoms with van der Waals surface area (Å²) in [5.74, 6) is 1.08. The lowest BCUT2D eigenvalue weighted by Gasteiger charge is -2.05. The van der Waals surface area contributed by atoms with Gasteiger partial charge in [-0.2, -0.15) is 0 Å². The summed E-state index contributed by atoms with van der Waals surface area (Å²) in [6.07, 6.45) is 2.61. The first-order chi connectivity index (χ1) is 5.74. The van der Waals surface area contributed by atoms with Gasteiger partial charge in [-0.25, -0.2) is 9.97 Å². The summed E-state index contributed by atoms with van der Waals surface area (Å²) in [6.45, 7) is 2.93. The molecule has 5 heteroatoms. The maximum atomic E-state index is 5.57. The van der Waals surface area contributed by atoms with E-state index in [2.05, 4.69) is 38.1 Å². The number of anilines is 2. The molecule has 3 N–H and O–H groups in total. The average molecular weight is 231 g/mol. The normalized spacial score (nSPS) is 9.83. The average Bonchev–Trinajstić information content (AvgIpc) is 2.07. The molecule has 0 aromatic carbocycles. The highest BCUT2D eigenvalue weighted by Crippen LogP contribution is 2.14. The molecular weight excluding hydrogens is 220 g/mol. The molecule has 66 valence electrons. The molecule has 0 saturated carbocycles. The molecule has 0 amide bonds. The number of hydrogen-bond donors (Lipinski definition) is 2. The van der Waals surface area contributed by atoms with Gasteiger partial charge >= 0.3 is 0 Å². The van der Waals surface area contributed by atoms with Crippen LogP contribution in [0.15, 0.2) is 10.8 Å². The van der Waals surface area contributed by atoms with Gasteiger partial charge < -0.3 is 11.1 Å². The third kappa shape index (κ3) is 2.34. The number of aromatic nitrogens is 2. The van der Waals surface area contributed by atoms with Crippen molar-refractivity contribution in [2.24, 2.45) is 0 Å². The summed E-state index contributed by atoms with van der Waals surface area (Å²) >= 11 is 3.22. The largest absolute Gasteiger partial charge is 0.381 e. The van der Waals surface area contributed by atoms with Crippen molar-refractivity contribution in [2.75, 3.05) is 17.6 Å². The van der Waals surface area contributed by atoms with E-state index in [1.54, 1.807) is 6.20 Å². The lowest BCUT2D eigenvalue weighted by molar-refractivity contribution is 0.964. The fraction of sp³-hybridized carbons (Fsp3) is 0.429. The highest BCUT2D eigenvalue weighted by Gasteiger charge is 2.00. The topological polar surface area (TPSA) is 63.8 Å². The maximum absolute atomic E-state index is 5.57. The minimum atomic E-state index is 0.437. The van der Waals surface area contributed by atoms with Gasteiger partial charge in [0, 0.05) is 6.54 Å². The van der Waals surface area contributed by atoms with E-state index < -0.39 is 0 Å². The van der Waals surface area contributed by atoms with Crippen LogP contribution in [-0.2, 0) is 0 Å². The van der Waals surface area contributed by atoms with Crippen LogP contribution in [0.2, 0.25) is 0 Å². The summed E-state index contributed by atoms with van der Waals surface area (Å²) in [4.78, 5) is 8.07. The summed E-state index contributed by atoms with van der Waals surface area (Å²) in [7, 11) is 0. The standard InChI is InChI=1S/C7H11BrN4/c1-2-3-10-7-6(9)11-4-5(8)12-7/h4H,2-3H2,1H3,(H2,9,11)(H,10,12). The van der Waals surface area contributed by atoms with Crippen LogP contribution < -0.4 is 11.1 Å². The lowest BCUT2D eigenvalue weighted by atomic mass is 10.4. The van der Waals surface area contributed by atoms with Gasteiger partial charge in [-0.1, -0.05) is 6.92 Å². The van der Waals surface area contributed by atoms with Crippen molar-refractivity contribution in [1.29, 1.82) is 0 Å². The number of halogens is 1. The summed E-state index contributed by atoms with van der Waals surface area (Å²) in [5, 5.41) is 3.07. The number of nitrogens with zero attached hydrogens (tertiary/aromatic N) is 2. The van der Waals surface area contributed by atoms with Crippen molar-refractivity contribution in [1.82, 2.24) is 9.97 Å². The smallest absolute Gasteiger partial charge is 0.170 e. The van der Waals surface area contributed by atoms with Gasteiger partial charge in [0.25, 0.3) is 0 Å². The molecule has 0 bridgehead atoms. The van der Waals surface area contributed by atoms with Crippen molar-refractivity contribution in [2.45, 2.75) is 13.3 Å². The van der Waals surface area contributed by atoms with E-state index in [-0.39, 0.29) is 0 Å². The lowest BCUT2D eigenvalue weighted by Crippen LogP contribution is -2.06. The van der Waals surface area contributed by atoms with E-state index in [0.29, 0.717) is 16.2 Å². The number of nitrogen functional groups attached to an aromatic ring is 1. The maximum Gasteiger partial charge on any atom is 0.170 e. The Balaban J connectivity index is 2.75. The Kier molecular flexibility index (Phi) is 3.28. The molecule has 0 aliphatic heterocycles. The predicted molar refractivity (Wildman–Crippen MR) is 52.9 cm³/mol. The third-order valence-electron chi connectivity index (χ3n) is 1.31. The molecule has 1 rings (SSSR count). The molecule has 0 unspecified atom stereocenters. The van der Waals surface area contributed by atoms with Crippen molar-refractivity contribution in [3.8, 4) is 0 Å². The first-order valence-corrected chi connectivity index (χ1v) is 4.55. The van der Waals surface area contributed by atoms with Crippen molar-refractivity contribution >= 4 is 27.6 Å². The second-order valence-electron chi connectivity index (χ2n) is 2.35. The van der Waals surface area contributed by atoms with Gasteiger partial charge in [-0.05, 0) is 22.4 Å². The molecule has 0 fully saturated rings. The Labute approximate surface area is 79.7 Å². The number of rotatable bonds is 3. The third-order valence-corrected chi connectivity index (χ3v) is 1.70. The molecular formula is C7H11BrN4. The van der Waals surface area contributed by atoms with E-state index in [1.807, 2.05) is 0 Å². The van der Waals surface area contributed by atoms with Gasteiger partial charge in [-0.3, -0.25) is 0 Å². The zero-order chi connectivity index (χ0) is 8.97. The molecule has 0 spiro atoms. The van der Waals surface area contributed by atoms with Crippen LogP contribution in [0.4, 0.5) is 11.6 Å². The molecule has 12 heavy (non-hydrogen) atoms. The Morgan fingerprint density at radius 2 is 2.42 bits per heavy atom. The highest BCUT2D eigenvalue weighted by atomic mass is 79.9. The monoisotopic (exact) mass is 230 g/mol. The van der Waals surface area contributed by atoms with Crippen LogP contribution >= 0.6 is 15.9 Å². The van der Waals surface area contributed by atoms with Crippen LogP contribution in [0.1, 0.15) is 13.3 Å². The SMILES string of the molecule is CCCNc1nc(Br)cnc1N. The molecule has 1 aromatic rings.